The zero-order chi connectivity index (χ0) is 20.9. The van der Waals surface area contributed by atoms with Crippen molar-refractivity contribution in [2.75, 3.05) is 33.3 Å². The molecule has 0 unspecified atom stereocenters. The van der Waals surface area contributed by atoms with Gasteiger partial charge in [-0.2, -0.15) is 4.98 Å². The van der Waals surface area contributed by atoms with Crippen LogP contribution in [0.25, 0.3) is 11.5 Å². The van der Waals surface area contributed by atoms with Crippen molar-refractivity contribution in [1.82, 2.24) is 19.9 Å². The van der Waals surface area contributed by atoms with E-state index in [1.807, 2.05) is 29.2 Å². The maximum absolute atomic E-state index is 13.4. The van der Waals surface area contributed by atoms with Gasteiger partial charge in [0, 0.05) is 31.7 Å². The largest absolute Gasteiger partial charge is 0.497 e. The standard InChI is InChI=1S/C22H23FN4O3/c1-29-19-7-5-16(6-8-19)13-21(28)27-11-9-26(10-12-27)15-20-24-22(30-25-20)17-3-2-4-18(23)14-17/h2-8,14H,9-13,15H2,1H3. The van der Waals surface area contributed by atoms with Crippen LogP contribution in [0.2, 0.25) is 0 Å². The molecule has 156 valence electrons. The molecule has 0 spiro atoms. The van der Waals surface area contributed by atoms with Crippen LogP contribution in [0.5, 0.6) is 5.75 Å². The molecule has 1 fully saturated rings. The Morgan fingerprint density at radius 1 is 1.13 bits per heavy atom. The van der Waals surface area contributed by atoms with E-state index in [0.29, 0.717) is 43.3 Å². The summed E-state index contributed by atoms with van der Waals surface area (Å²) in [5.41, 5.74) is 1.53. The summed E-state index contributed by atoms with van der Waals surface area (Å²) < 4.78 is 23.8. The van der Waals surface area contributed by atoms with Gasteiger partial charge in [0.25, 0.3) is 5.89 Å². The summed E-state index contributed by atoms with van der Waals surface area (Å²) in [6.07, 6.45) is 0.381. The van der Waals surface area contributed by atoms with Gasteiger partial charge < -0.3 is 14.2 Å². The van der Waals surface area contributed by atoms with Crippen LogP contribution in [0, 0.1) is 5.82 Å². The molecule has 1 aliphatic rings. The number of rotatable bonds is 6. The van der Waals surface area contributed by atoms with Crippen LogP contribution >= 0.6 is 0 Å². The van der Waals surface area contributed by atoms with E-state index in [0.717, 1.165) is 24.4 Å². The summed E-state index contributed by atoms with van der Waals surface area (Å²) in [6.45, 7) is 3.31. The first-order valence-corrected chi connectivity index (χ1v) is 9.82. The second-order valence-electron chi connectivity index (χ2n) is 7.21. The Bertz CT molecular complexity index is 998. The normalized spacial score (nSPS) is 14.7. The van der Waals surface area contributed by atoms with Crippen LogP contribution in [0.3, 0.4) is 0 Å². The summed E-state index contributed by atoms with van der Waals surface area (Å²) in [5.74, 6) is 1.40. The molecule has 4 rings (SSSR count). The van der Waals surface area contributed by atoms with Gasteiger partial charge in [0.2, 0.25) is 5.91 Å². The SMILES string of the molecule is COc1ccc(CC(=O)N2CCN(Cc3noc(-c4cccc(F)c4)n3)CC2)cc1. The van der Waals surface area contributed by atoms with Gasteiger partial charge in [-0.25, -0.2) is 4.39 Å². The van der Waals surface area contributed by atoms with E-state index in [4.69, 9.17) is 9.26 Å². The molecule has 8 heteroatoms. The number of methoxy groups -OCH3 is 1. The zero-order valence-corrected chi connectivity index (χ0v) is 16.8. The summed E-state index contributed by atoms with van der Waals surface area (Å²) in [5, 5.41) is 4.00. The number of amides is 1. The minimum absolute atomic E-state index is 0.118. The van der Waals surface area contributed by atoms with Crippen molar-refractivity contribution < 1.29 is 18.4 Å². The molecule has 0 saturated carbocycles. The smallest absolute Gasteiger partial charge is 0.258 e. The Morgan fingerprint density at radius 2 is 1.90 bits per heavy atom. The van der Waals surface area contributed by atoms with Crippen molar-refractivity contribution in [3.63, 3.8) is 0 Å². The molecule has 7 nitrogen and oxygen atoms in total. The Kier molecular flexibility index (Phi) is 6.04. The minimum Gasteiger partial charge on any atom is -0.497 e. The highest BCUT2D eigenvalue weighted by molar-refractivity contribution is 5.79. The molecule has 0 radical (unpaired) electrons. The number of ether oxygens (including phenoxy) is 1. The molecular weight excluding hydrogens is 387 g/mol. The van der Waals surface area contributed by atoms with Crippen molar-refractivity contribution in [1.29, 1.82) is 0 Å². The van der Waals surface area contributed by atoms with Gasteiger partial charge in [-0.05, 0) is 35.9 Å². The molecule has 0 bridgehead atoms. The minimum atomic E-state index is -0.345. The lowest BCUT2D eigenvalue weighted by Gasteiger charge is -2.34. The van der Waals surface area contributed by atoms with Crippen LogP contribution in [0.4, 0.5) is 4.39 Å². The first-order chi connectivity index (χ1) is 14.6. The van der Waals surface area contributed by atoms with E-state index in [2.05, 4.69) is 15.0 Å². The van der Waals surface area contributed by atoms with Crippen molar-refractivity contribution in [2.24, 2.45) is 0 Å². The highest BCUT2D eigenvalue weighted by Gasteiger charge is 2.22. The van der Waals surface area contributed by atoms with Crippen molar-refractivity contribution in [3.8, 4) is 17.2 Å². The van der Waals surface area contributed by atoms with Gasteiger partial charge in [0.05, 0.1) is 20.1 Å². The number of carbonyl (C=O) groups is 1. The second-order valence-corrected chi connectivity index (χ2v) is 7.21. The van der Waals surface area contributed by atoms with Gasteiger partial charge in [-0.3, -0.25) is 9.69 Å². The molecule has 1 aliphatic heterocycles. The number of nitrogens with zero attached hydrogens (tertiary/aromatic N) is 4. The second kappa shape index (κ2) is 9.04. The lowest BCUT2D eigenvalue weighted by atomic mass is 10.1. The van der Waals surface area contributed by atoms with Gasteiger partial charge in [-0.1, -0.05) is 23.4 Å². The Labute approximate surface area is 174 Å². The van der Waals surface area contributed by atoms with Crippen molar-refractivity contribution >= 4 is 5.91 Å². The predicted octanol–water partition coefficient (Wildman–Crippen LogP) is 2.77. The maximum atomic E-state index is 13.4. The molecule has 0 atom stereocenters. The fourth-order valence-electron chi connectivity index (χ4n) is 3.44. The van der Waals surface area contributed by atoms with Crippen LogP contribution in [-0.4, -0.2) is 59.1 Å². The van der Waals surface area contributed by atoms with E-state index < -0.39 is 0 Å². The average molecular weight is 410 g/mol. The van der Waals surface area contributed by atoms with Crippen molar-refractivity contribution in [3.05, 3.63) is 65.7 Å². The third-order valence-corrected chi connectivity index (χ3v) is 5.14. The lowest BCUT2D eigenvalue weighted by Crippen LogP contribution is -2.48. The first-order valence-electron chi connectivity index (χ1n) is 9.82. The molecule has 0 N–H and O–H groups in total. The third kappa shape index (κ3) is 4.83. The van der Waals surface area contributed by atoms with E-state index in [-0.39, 0.29) is 11.7 Å². The highest BCUT2D eigenvalue weighted by atomic mass is 19.1. The molecule has 1 saturated heterocycles. The number of aromatic nitrogens is 2. The summed E-state index contributed by atoms with van der Waals surface area (Å²) in [7, 11) is 1.62. The molecular formula is C22H23FN4O3. The fraction of sp³-hybridized carbons (Fsp3) is 0.318. The number of piperazine rings is 1. The lowest BCUT2D eigenvalue weighted by molar-refractivity contribution is -0.132. The number of hydrogen-bond donors (Lipinski definition) is 0. The summed E-state index contributed by atoms with van der Waals surface area (Å²) in [4.78, 5) is 21.0. The molecule has 2 aromatic carbocycles. The number of hydrogen-bond acceptors (Lipinski definition) is 6. The Balaban J connectivity index is 1.28. The van der Waals surface area contributed by atoms with Crippen LogP contribution in [-0.2, 0) is 17.8 Å². The predicted molar refractivity (Wildman–Crippen MR) is 108 cm³/mol. The van der Waals surface area contributed by atoms with E-state index in [9.17, 15) is 9.18 Å². The summed E-state index contributed by atoms with van der Waals surface area (Å²) >= 11 is 0. The van der Waals surface area contributed by atoms with Crippen LogP contribution in [0.15, 0.2) is 53.1 Å². The topological polar surface area (TPSA) is 71.7 Å². The van der Waals surface area contributed by atoms with Crippen molar-refractivity contribution in [2.45, 2.75) is 13.0 Å². The van der Waals surface area contributed by atoms with Gasteiger partial charge >= 0.3 is 0 Å². The molecule has 30 heavy (non-hydrogen) atoms. The zero-order valence-electron chi connectivity index (χ0n) is 16.8. The molecule has 2 heterocycles. The quantitative estimate of drug-likeness (QED) is 0.622. The number of carbonyl (C=O) groups excluding carboxylic acids is 1. The van der Waals surface area contributed by atoms with Gasteiger partial charge in [0.15, 0.2) is 5.82 Å². The number of benzene rings is 2. The Hall–Kier alpha value is -3.26. The number of halogens is 1. The van der Waals surface area contributed by atoms with Gasteiger partial charge in [-0.15, -0.1) is 0 Å². The fourth-order valence-corrected chi connectivity index (χ4v) is 3.44. The Morgan fingerprint density at radius 3 is 2.60 bits per heavy atom. The van der Waals surface area contributed by atoms with Gasteiger partial charge in [0.1, 0.15) is 11.6 Å². The molecule has 3 aromatic rings. The third-order valence-electron chi connectivity index (χ3n) is 5.14. The molecule has 1 aromatic heterocycles. The van der Waals surface area contributed by atoms with E-state index >= 15 is 0 Å². The van der Waals surface area contributed by atoms with E-state index in [1.165, 1.54) is 12.1 Å². The molecule has 1 amide bonds. The first kappa shape index (κ1) is 20.0. The summed E-state index contributed by atoms with van der Waals surface area (Å²) in [6, 6.07) is 13.6. The highest BCUT2D eigenvalue weighted by Crippen LogP contribution is 2.19. The van der Waals surface area contributed by atoms with Crippen LogP contribution < -0.4 is 4.74 Å². The average Bonchev–Trinajstić information content (AvgIpc) is 3.23. The molecule has 0 aliphatic carbocycles. The maximum Gasteiger partial charge on any atom is 0.258 e. The van der Waals surface area contributed by atoms with Crippen LogP contribution in [0.1, 0.15) is 11.4 Å². The van der Waals surface area contributed by atoms with E-state index in [1.54, 1.807) is 19.2 Å². The monoisotopic (exact) mass is 410 g/mol.